The van der Waals surface area contributed by atoms with Gasteiger partial charge in [-0.15, -0.1) is 0 Å². The molecule has 0 amide bonds. The molecule has 1 atom stereocenters. The van der Waals surface area contributed by atoms with Crippen molar-refractivity contribution in [3.8, 4) is 0 Å². The molecule has 1 rings (SSSR count). The number of aliphatic hydroxyl groups is 1. The van der Waals surface area contributed by atoms with Crippen molar-refractivity contribution >= 4 is 11.8 Å². The third kappa shape index (κ3) is 5.93. The lowest BCUT2D eigenvalue weighted by Crippen LogP contribution is -2.12. The second-order valence-electron chi connectivity index (χ2n) is 4.64. The molecule has 0 aliphatic rings. The summed E-state index contributed by atoms with van der Waals surface area (Å²) in [5.41, 5.74) is 3.45. The van der Waals surface area contributed by atoms with Crippen molar-refractivity contribution in [2.24, 2.45) is 0 Å². The zero-order chi connectivity index (χ0) is 14.8. The van der Waals surface area contributed by atoms with Crippen molar-refractivity contribution in [3.05, 3.63) is 35.9 Å². The molecule has 0 saturated heterocycles. The Morgan fingerprint density at radius 3 is 2.42 bits per heavy atom. The van der Waals surface area contributed by atoms with Gasteiger partial charge in [-0.3, -0.25) is 0 Å². The van der Waals surface area contributed by atoms with Crippen molar-refractivity contribution in [1.29, 1.82) is 0 Å². The molecule has 108 valence electrons. The summed E-state index contributed by atoms with van der Waals surface area (Å²) in [5.74, 6) is 0. The van der Waals surface area contributed by atoms with Crippen LogP contribution in [-0.4, -0.2) is 25.3 Å². The smallest absolute Gasteiger partial charge is 0.0580 e. The van der Waals surface area contributed by atoms with Crippen molar-refractivity contribution in [2.45, 2.75) is 46.1 Å². The molecule has 1 N–H and O–H groups in total. The molecular formula is C17H29NO. The van der Waals surface area contributed by atoms with Gasteiger partial charge in [0, 0.05) is 19.8 Å². The number of benzene rings is 1. The Morgan fingerprint density at radius 1 is 1.32 bits per heavy atom. The quantitative estimate of drug-likeness (QED) is 0.834. The van der Waals surface area contributed by atoms with Crippen LogP contribution in [0.3, 0.4) is 0 Å². The highest BCUT2D eigenvalue weighted by molar-refractivity contribution is 5.67. The van der Waals surface area contributed by atoms with Gasteiger partial charge in [-0.1, -0.05) is 45.9 Å². The molecule has 2 nitrogen and oxygen atoms in total. The Bertz CT molecular complexity index is 372. The van der Waals surface area contributed by atoms with E-state index in [0.29, 0.717) is 0 Å². The van der Waals surface area contributed by atoms with E-state index in [4.69, 9.17) is 0 Å². The van der Waals surface area contributed by atoms with Crippen LogP contribution in [0.25, 0.3) is 6.08 Å². The van der Waals surface area contributed by atoms with E-state index in [1.54, 1.807) is 0 Å². The molecular weight excluding hydrogens is 234 g/mol. The first-order chi connectivity index (χ1) is 9.08. The van der Waals surface area contributed by atoms with Gasteiger partial charge < -0.3 is 10.0 Å². The lowest BCUT2D eigenvalue weighted by atomic mass is 10.0. The summed E-state index contributed by atoms with van der Waals surface area (Å²) in [6.07, 6.45) is 4.24. The molecule has 0 saturated carbocycles. The first-order valence-corrected chi connectivity index (χ1v) is 7.19. The van der Waals surface area contributed by atoms with Gasteiger partial charge in [-0.05, 0) is 36.1 Å². The zero-order valence-corrected chi connectivity index (χ0v) is 13.1. The van der Waals surface area contributed by atoms with Crippen LogP contribution in [0.2, 0.25) is 0 Å². The molecule has 0 aromatic heterocycles. The second kappa shape index (κ2) is 9.62. The minimum atomic E-state index is -0.233. The van der Waals surface area contributed by atoms with Gasteiger partial charge in [-0.25, -0.2) is 0 Å². The number of rotatable bonds is 6. The van der Waals surface area contributed by atoms with E-state index >= 15 is 0 Å². The van der Waals surface area contributed by atoms with Crippen LogP contribution >= 0.6 is 0 Å². The van der Waals surface area contributed by atoms with Gasteiger partial charge in [-0.2, -0.15) is 0 Å². The Morgan fingerprint density at radius 2 is 1.95 bits per heavy atom. The lowest BCUT2D eigenvalue weighted by molar-refractivity contribution is 0.164. The average Bonchev–Trinajstić information content (AvgIpc) is 2.40. The maximum atomic E-state index is 9.81. The number of anilines is 1. The molecule has 0 aliphatic carbocycles. The molecule has 0 fully saturated rings. The van der Waals surface area contributed by atoms with Crippen molar-refractivity contribution < 1.29 is 5.11 Å². The van der Waals surface area contributed by atoms with E-state index in [1.807, 2.05) is 34.0 Å². The maximum absolute atomic E-state index is 9.81. The van der Waals surface area contributed by atoms with Crippen LogP contribution < -0.4 is 4.90 Å². The first-order valence-electron chi connectivity index (χ1n) is 7.19. The number of hydrogen-bond acceptors (Lipinski definition) is 2. The van der Waals surface area contributed by atoms with Gasteiger partial charge in [0.05, 0.1) is 6.10 Å². The Labute approximate surface area is 118 Å². The van der Waals surface area contributed by atoms with E-state index in [-0.39, 0.29) is 6.10 Å². The summed E-state index contributed by atoms with van der Waals surface area (Å²) < 4.78 is 0. The molecule has 1 aromatic rings. The van der Waals surface area contributed by atoms with Crippen molar-refractivity contribution in [3.63, 3.8) is 0 Å². The van der Waals surface area contributed by atoms with Crippen LogP contribution in [0.5, 0.6) is 0 Å². The third-order valence-corrected chi connectivity index (χ3v) is 2.89. The Kier molecular flexibility index (Phi) is 8.98. The zero-order valence-electron chi connectivity index (χ0n) is 13.1. The average molecular weight is 263 g/mol. The minimum Gasteiger partial charge on any atom is -0.393 e. The summed E-state index contributed by atoms with van der Waals surface area (Å²) in [6.45, 7) is 9.93. The van der Waals surface area contributed by atoms with Crippen LogP contribution in [0.4, 0.5) is 5.69 Å². The predicted octanol–water partition coefficient (Wildman–Crippen LogP) is 4.13. The number of aliphatic hydroxyl groups excluding tert-OH is 1. The van der Waals surface area contributed by atoms with Crippen LogP contribution in [-0.2, 0) is 6.42 Å². The molecule has 1 unspecified atom stereocenters. The monoisotopic (exact) mass is 263 g/mol. The molecule has 0 spiro atoms. The maximum Gasteiger partial charge on any atom is 0.0580 e. The fraction of sp³-hybridized carbons (Fsp3) is 0.529. The fourth-order valence-corrected chi connectivity index (χ4v) is 2.01. The number of nitrogens with zero attached hydrogens (tertiary/aromatic N) is 1. The largest absolute Gasteiger partial charge is 0.393 e. The number of hydrogen-bond donors (Lipinski definition) is 1. The summed E-state index contributed by atoms with van der Waals surface area (Å²) in [6, 6.07) is 6.29. The highest BCUT2D eigenvalue weighted by Crippen LogP contribution is 2.22. The van der Waals surface area contributed by atoms with Crippen LogP contribution in [0.15, 0.2) is 24.8 Å². The normalized spacial score (nSPS) is 11.3. The molecule has 0 bridgehead atoms. The van der Waals surface area contributed by atoms with E-state index in [0.717, 1.165) is 30.5 Å². The standard InChI is InChI=1S/C15H23NO.C2H6/c1-5-7-14(17)11-12-8-9-15(16(3)4)13(6-2)10-12;1-2/h6,8-10,14,17H,2,5,7,11H2,1,3-4H3;1-2H3. The summed E-state index contributed by atoms with van der Waals surface area (Å²) in [7, 11) is 4.04. The van der Waals surface area contributed by atoms with Gasteiger partial charge in [0.1, 0.15) is 0 Å². The lowest BCUT2D eigenvalue weighted by Gasteiger charge is -2.17. The molecule has 19 heavy (non-hydrogen) atoms. The minimum absolute atomic E-state index is 0.233. The summed E-state index contributed by atoms with van der Waals surface area (Å²) in [4.78, 5) is 2.07. The Balaban J connectivity index is 0.00000154. The van der Waals surface area contributed by atoms with Gasteiger partial charge in [0.2, 0.25) is 0 Å². The Hall–Kier alpha value is -1.28. The predicted molar refractivity (Wildman–Crippen MR) is 86.8 cm³/mol. The summed E-state index contributed by atoms with van der Waals surface area (Å²) >= 11 is 0. The second-order valence-corrected chi connectivity index (χ2v) is 4.64. The van der Waals surface area contributed by atoms with Crippen LogP contribution in [0.1, 0.15) is 44.7 Å². The highest BCUT2D eigenvalue weighted by atomic mass is 16.3. The van der Waals surface area contributed by atoms with E-state index in [9.17, 15) is 5.11 Å². The van der Waals surface area contributed by atoms with Crippen LogP contribution in [0, 0.1) is 0 Å². The highest BCUT2D eigenvalue weighted by Gasteiger charge is 2.07. The van der Waals surface area contributed by atoms with E-state index in [2.05, 4.69) is 36.6 Å². The SMILES string of the molecule is C=Cc1cc(CC(O)CCC)ccc1N(C)C.CC. The fourth-order valence-electron chi connectivity index (χ4n) is 2.01. The van der Waals surface area contributed by atoms with Gasteiger partial charge >= 0.3 is 0 Å². The summed E-state index contributed by atoms with van der Waals surface area (Å²) in [5, 5.41) is 9.81. The molecule has 1 aromatic carbocycles. The molecule has 0 aliphatic heterocycles. The molecule has 2 heteroatoms. The molecule has 0 heterocycles. The first kappa shape index (κ1) is 17.7. The molecule has 0 radical (unpaired) electrons. The van der Waals surface area contributed by atoms with Crippen molar-refractivity contribution in [1.82, 2.24) is 0 Å². The van der Waals surface area contributed by atoms with E-state index < -0.39 is 0 Å². The topological polar surface area (TPSA) is 23.5 Å². The third-order valence-electron chi connectivity index (χ3n) is 2.89. The van der Waals surface area contributed by atoms with Gasteiger partial charge in [0.25, 0.3) is 0 Å². The van der Waals surface area contributed by atoms with E-state index in [1.165, 1.54) is 5.56 Å². The van der Waals surface area contributed by atoms with Gasteiger partial charge in [0.15, 0.2) is 0 Å². The van der Waals surface area contributed by atoms with Crippen molar-refractivity contribution in [2.75, 3.05) is 19.0 Å².